The lowest BCUT2D eigenvalue weighted by molar-refractivity contribution is -0.122. The number of carbonyl (C=O) groups excluding carboxylic acids is 1. The van der Waals surface area contributed by atoms with Gasteiger partial charge >= 0.3 is 12.2 Å². The number of pyridine rings is 1. The van der Waals surface area contributed by atoms with Gasteiger partial charge in [-0.25, -0.2) is 24.1 Å². The van der Waals surface area contributed by atoms with Gasteiger partial charge in [0.1, 0.15) is 12.2 Å². The van der Waals surface area contributed by atoms with E-state index >= 15 is 0 Å². The Bertz CT molecular complexity index is 1360. The monoisotopic (exact) mass is 509 g/mol. The van der Waals surface area contributed by atoms with Crippen molar-refractivity contribution in [2.45, 2.75) is 6.18 Å². The number of carbonyl (C=O) groups is 1. The molecule has 0 unspecified atom stereocenters. The van der Waals surface area contributed by atoms with Gasteiger partial charge in [-0.3, -0.25) is 4.40 Å². The molecule has 0 spiro atoms. The summed E-state index contributed by atoms with van der Waals surface area (Å²) in [5, 5.41) is 4.14. The summed E-state index contributed by atoms with van der Waals surface area (Å²) in [6, 6.07) is 9.18. The van der Waals surface area contributed by atoms with Crippen LogP contribution in [-0.2, 0) is 0 Å². The van der Waals surface area contributed by atoms with Crippen LogP contribution in [0.5, 0.6) is 0 Å². The van der Waals surface area contributed by atoms with Gasteiger partial charge in [-0.15, -0.1) is 12.4 Å². The Kier molecular flexibility index (Phi) is 7.44. The molecule has 3 aromatic heterocycles. The van der Waals surface area contributed by atoms with Crippen LogP contribution in [0, 0.1) is 5.82 Å². The maximum absolute atomic E-state index is 13.9. The number of alkyl halides is 3. The van der Waals surface area contributed by atoms with Gasteiger partial charge < -0.3 is 15.5 Å². The molecular formula is C22H20ClF4N7O. The van der Waals surface area contributed by atoms with Crippen LogP contribution in [0.15, 0.2) is 55.0 Å². The molecule has 4 aromatic rings. The van der Waals surface area contributed by atoms with E-state index in [9.17, 15) is 22.4 Å². The number of amides is 2. The number of halogens is 5. The molecule has 0 bridgehead atoms. The Morgan fingerprint density at radius 3 is 2.57 bits per heavy atom. The van der Waals surface area contributed by atoms with Gasteiger partial charge in [-0.05, 0) is 24.3 Å². The van der Waals surface area contributed by atoms with E-state index in [0.29, 0.717) is 34.0 Å². The fourth-order valence-corrected chi connectivity index (χ4v) is 3.26. The van der Waals surface area contributed by atoms with Gasteiger partial charge in [0.2, 0.25) is 0 Å². The van der Waals surface area contributed by atoms with Crippen LogP contribution in [-0.4, -0.2) is 52.2 Å². The standard InChI is InChI=1S/C22H19F4N7O.ClH/c1-32(2)20-16(23)10-28-19(31-20)14-6-7-33-17(11-27-18(33)9-14)13-4-3-5-15(8-13)30-21(34)29-12-22(24,25)26;/h3-11H,12H2,1-2H3,(H2,29,30,34);1H. The molecule has 0 aliphatic heterocycles. The zero-order valence-corrected chi connectivity index (χ0v) is 19.3. The number of urea groups is 1. The smallest absolute Gasteiger partial charge is 0.360 e. The lowest BCUT2D eigenvalue weighted by Gasteiger charge is -2.13. The molecule has 0 radical (unpaired) electrons. The molecule has 35 heavy (non-hydrogen) atoms. The van der Waals surface area contributed by atoms with E-state index in [-0.39, 0.29) is 18.2 Å². The number of rotatable bonds is 5. The first-order valence-electron chi connectivity index (χ1n) is 10.00. The molecule has 4 rings (SSSR count). The Balaban J connectivity index is 0.00000342. The maximum atomic E-state index is 13.9. The second-order valence-electron chi connectivity index (χ2n) is 7.55. The largest absolute Gasteiger partial charge is 0.405 e. The molecule has 0 atom stereocenters. The number of aromatic nitrogens is 4. The number of nitrogens with zero attached hydrogens (tertiary/aromatic N) is 5. The summed E-state index contributed by atoms with van der Waals surface area (Å²) in [5.41, 5.74) is 2.91. The fourth-order valence-electron chi connectivity index (χ4n) is 3.26. The molecule has 0 saturated carbocycles. The second kappa shape index (κ2) is 10.1. The van der Waals surface area contributed by atoms with Gasteiger partial charge in [0.15, 0.2) is 17.5 Å². The molecule has 0 aliphatic rings. The molecule has 0 saturated heterocycles. The van der Waals surface area contributed by atoms with E-state index in [2.05, 4.69) is 20.3 Å². The van der Waals surface area contributed by atoms with E-state index in [1.165, 1.54) is 0 Å². The highest BCUT2D eigenvalue weighted by atomic mass is 35.5. The number of imidazole rings is 1. The van der Waals surface area contributed by atoms with Gasteiger partial charge in [-0.2, -0.15) is 13.2 Å². The SMILES string of the molecule is CN(C)c1nc(-c2ccn3c(-c4cccc(NC(=O)NCC(F)(F)F)c4)cnc3c2)ncc1F.Cl. The molecule has 8 nitrogen and oxygen atoms in total. The normalized spacial score (nSPS) is 11.1. The summed E-state index contributed by atoms with van der Waals surface area (Å²) < 4.78 is 52.6. The highest BCUT2D eigenvalue weighted by Gasteiger charge is 2.27. The van der Waals surface area contributed by atoms with Crippen molar-refractivity contribution in [3.8, 4) is 22.6 Å². The number of fused-ring (bicyclic) bond motifs is 1. The average molecular weight is 510 g/mol. The van der Waals surface area contributed by atoms with Crippen molar-refractivity contribution in [3.05, 3.63) is 60.8 Å². The van der Waals surface area contributed by atoms with Gasteiger partial charge in [0, 0.05) is 37.1 Å². The van der Waals surface area contributed by atoms with Crippen molar-refractivity contribution >= 4 is 35.6 Å². The van der Waals surface area contributed by atoms with Crippen LogP contribution in [0.25, 0.3) is 28.3 Å². The predicted molar refractivity (Wildman–Crippen MR) is 126 cm³/mol. The summed E-state index contributed by atoms with van der Waals surface area (Å²) >= 11 is 0. The molecule has 3 heterocycles. The van der Waals surface area contributed by atoms with Crippen LogP contribution in [0.4, 0.5) is 33.9 Å². The summed E-state index contributed by atoms with van der Waals surface area (Å²) in [4.78, 5) is 26.0. The van der Waals surface area contributed by atoms with E-state index in [4.69, 9.17) is 0 Å². The number of hydrogen-bond donors (Lipinski definition) is 2. The first-order chi connectivity index (χ1) is 16.1. The molecule has 2 amide bonds. The van der Waals surface area contributed by atoms with E-state index < -0.39 is 24.6 Å². The summed E-state index contributed by atoms with van der Waals surface area (Å²) in [6.45, 7) is -1.43. The summed E-state index contributed by atoms with van der Waals surface area (Å²) in [5.74, 6) is -0.0239. The van der Waals surface area contributed by atoms with Gasteiger partial charge in [0.25, 0.3) is 0 Å². The minimum atomic E-state index is -4.50. The molecule has 0 fully saturated rings. The Morgan fingerprint density at radius 1 is 1.09 bits per heavy atom. The van der Waals surface area contributed by atoms with Crippen molar-refractivity contribution in [1.29, 1.82) is 0 Å². The maximum Gasteiger partial charge on any atom is 0.405 e. The number of benzene rings is 1. The molecular weight excluding hydrogens is 490 g/mol. The quantitative estimate of drug-likeness (QED) is 0.378. The third-order valence-corrected chi connectivity index (χ3v) is 4.79. The van der Waals surface area contributed by atoms with Crippen LogP contribution in [0.3, 0.4) is 0 Å². The fraction of sp³-hybridized carbons (Fsp3) is 0.182. The minimum absolute atomic E-state index is 0. The van der Waals surface area contributed by atoms with Crippen molar-refractivity contribution in [2.24, 2.45) is 0 Å². The lowest BCUT2D eigenvalue weighted by Crippen LogP contribution is -2.36. The molecule has 0 aliphatic carbocycles. The molecule has 184 valence electrons. The average Bonchev–Trinajstić information content (AvgIpc) is 3.21. The van der Waals surface area contributed by atoms with E-state index in [1.807, 2.05) is 0 Å². The Morgan fingerprint density at radius 2 is 1.86 bits per heavy atom. The predicted octanol–water partition coefficient (Wildman–Crippen LogP) is 4.77. The third-order valence-electron chi connectivity index (χ3n) is 4.79. The van der Waals surface area contributed by atoms with Gasteiger partial charge in [-0.1, -0.05) is 12.1 Å². The topological polar surface area (TPSA) is 87.5 Å². The van der Waals surface area contributed by atoms with Crippen molar-refractivity contribution in [2.75, 3.05) is 30.9 Å². The number of anilines is 2. The first kappa shape index (κ1) is 25.7. The van der Waals surface area contributed by atoms with E-state index in [0.717, 1.165) is 6.20 Å². The Hall–Kier alpha value is -3.93. The zero-order chi connectivity index (χ0) is 24.5. The highest BCUT2D eigenvalue weighted by Crippen LogP contribution is 2.27. The van der Waals surface area contributed by atoms with Crippen LogP contribution >= 0.6 is 12.4 Å². The highest BCUT2D eigenvalue weighted by molar-refractivity contribution is 5.90. The molecule has 13 heteroatoms. The summed E-state index contributed by atoms with van der Waals surface area (Å²) in [6.07, 6.45) is -0.00628. The third kappa shape index (κ3) is 5.96. The molecule has 1 aromatic carbocycles. The van der Waals surface area contributed by atoms with Crippen LogP contribution < -0.4 is 15.5 Å². The lowest BCUT2D eigenvalue weighted by atomic mass is 10.1. The number of nitrogens with one attached hydrogen (secondary N) is 2. The van der Waals surface area contributed by atoms with Crippen LogP contribution in [0.2, 0.25) is 0 Å². The summed E-state index contributed by atoms with van der Waals surface area (Å²) in [7, 11) is 3.37. The van der Waals surface area contributed by atoms with Gasteiger partial charge in [0.05, 0.1) is 18.1 Å². The molecule has 2 N–H and O–H groups in total. The van der Waals surface area contributed by atoms with Crippen molar-refractivity contribution in [3.63, 3.8) is 0 Å². The van der Waals surface area contributed by atoms with Crippen molar-refractivity contribution in [1.82, 2.24) is 24.7 Å². The number of hydrogen-bond acceptors (Lipinski definition) is 5. The van der Waals surface area contributed by atoms with E-state index in [1.54, 1.807) is 77.5 Å². The first-order valence-corrected chi connectivity index (χ1v) is 10.00. The zero-order valence-electron chi connectivity index (χ0n) is 18.5. The van der Waals surface area contributed by atoms with Crippen molar-refractivity contribution < 1.29 is 22.4 Å². The Labute approximate surface area is 203 Å². The second-order valence-corrected chi connectivity index (χ2v) is 7.55. The minimum Gasteiger partial charge on any atom is -0.360 e. The van der Waals surface area contributed by atoms with Crippen LogP contribution in [0.1, 0.15) is 0 Å².